The first-order chi connectivity index (χ1) is 9.67. The molecule has 8 nitrogen and oxygen atoms in total. The van der Waals surface area contributed by atoms with Crippen LogP contribution in [0.15, 0.2) is 13.6 Å². The van der Waals surface area contributed by atoms with E-state index in [1.807, 2.05) is 0 Å². The number of carbonyl (C=O) groups is 2. The Bertz CT molecular complexity index is 574. The second kappa shape index (κ2) is 6.81. The highest BCUT2D eigenvalue weighted by Gasteiger charge is 2.36. The lowest BCUT2D eigenvalue weighted by Gasteiger charge is -2.27. The third kappa shape index (κ3) is 4.64. The molecule has 1 atom stereocenters. The van der Waals surface area contributed by atoms with Crippen LogP contribution in [-0.2, 0) is 20.9 Å². The van der Waals surface area contributed by atoms with Gasteiger partial charge in [0.15, 0.2) is 18.1 Å². The lowest BCUT2D eigenvalue weighted by atomic mass is 10.1. The van der Waals surface area contributed by atoms with Crippen molar-refractivity contribution in [3.05, 3.63) is 22.1 Å². The van der Waals surface area contributed by atoms with E-state index in [4.69, 9.17) is 14.9 Å². The van der Waals surface area contributed by atoms with Crippen molar-refractivity contribution in [2.75, 3.05) is 7.11 Å². The zero-order chi connectivity index (χ0) is 16.2. The summed E-state index contributed by atoms with van der Waals surface area (Å²) in [5, 5.41) is -0.664. The molecule has 1 aromatic heterocycles. The molecule has 0 fully saturated rings. The second-order valence-electron chi connectivity index (χ2n) is 4.68. The zero-order valence-corrected chi connectivity index (χ0v) is 12.9. The lowest BCUT2D eigenvalue weighted by molar-refractivity contribution is -0.142. The van der Waals surface area contributed by atoms with Gasteiger partial charge in [0.05, 0.1) is 7.11 Å². The number of hydrogen-bond donors (Lipinski definition) is 1. The summed E-state index contributed by atoms with van der Waals surface area (Å²) in [5.74, 6) is -1.12. The third-order valence-corrected chi connectivity index (χ3v) is 3.77. The van der Waals surface area contributed by atoms with Crippen molar-refractivity contribution in [1.82, 2.24) is 0 Å². The molecule has 0 bridgehead atoms. The van der Waals surface area contributed by atoms with Crippen molar-refractivity contribution < 1.29 is 27.9 Å². The molecule has 0 aliphatic rings. The van der Waals surface area contributed by atoms with Gasteiger partial charge < -0.3 is 24.0 Å². The van der Waals surface area contributed by atoms with Crippen LogP contribution < -0.4 is 11.6 Å². The molecule has 0 aliphatic heterocycles. The third-order valence-electron chi connectivity index (χ3n) is 2.71. The van der Waals surface area contributed by atoms with Crippen LogP contribution >= 0.6 is 11.8 Å². The van der Waals surface area contributed by atoms with Gasteiger partial charge in [-0.25, -0.2) is 9.59 Å². The summed E-state index contributed by atoms with van der Waals surface area (Å²) in [4.78, 5) is 34.0. The van der Waals surface area contributed by atoms with Crippen LogP contribution in [0.25, 0.3) is 0 Å². The number of methoxy groups -OCH3 is 1. The maximum atomic E-state index is 11.7. The molecular formula is C12H17NO7S. The standard InChI is InChI=1S/C12H17NO7S/c1-6-7(20-10(15)19-6)5-18-11(16)21-12(2,3)8(13)9(14)17-4/h8H,5,13H2,1-4H3/t8-/m0/s1. The van der Waals surface area contributed by atoms with E-state index in [9.17, 15) is 14.4 Å². The first-order valence-corrected chi connectivity index (χ1v) is 6.77. The summed E-state index contributed by atoms with van der Waals surface area (Å²) < 4.78 is 17.9. The maximum Gasteiger partial charge on any atom is 0.519 e. The van der Waals surface area contributed by atoms with Gasteiger partial charge in [0.1, 0.15) is 6.04 Å². The van der Waals surface area contributed by atoms with E-state index < -0.39 is 27.9 Å². The molecule has 1 heterocycles. The smallest absolute Gasteiger partial charge is 0.468 e. The van der Waals surface area contributed by atoms with Crippen LogP contribution in [0.5, 0.6) is 0 Å². The number of hydrogen-bond acceptors (Lipinski definition) is 9. The molecule has 0 saturated carbocycles. The summed E-state index contributed by atoms with van der Waals surface area (Å²) in [6, 6.07) is -0.992. The predicted octanol–water partition coefficient (Wildman–Crippen LogP) is 1.19. The van der Waals surface area contributed by atoms with Crippen LogP contribution in [0.1, 0.15) is 25.4 Å². The fourth-order valence-corrected chi connectivity index (χ4v) is 2.12. The highest BCUT2D eigenvalue weighted by atomic mass is 32.2. The average molecular weight is 319 g/mol. The molecule has 0 amide bonds. The van der Waals surface area contributed by atoms with Gasteiger partial charge in [-0.3, -0.25) is 4.79 Å². The van der Waals surface area contributed by atoms with E-state index in [-0.39, 0.29) is 18.1 Å². The number of thioether (sulfide) groups is 1. The van der Waals surface area contributed by atoms with Gasteiger partial charge >= 0.3 is 17.1 Å². The Balaban J connectivity index is 2.58. The van der Waals surface area contributed by atoms with Crippen molar-refractivity contribution >= 4 is 23.0 Å². The monoisotopic (exact) mass is 319 g/mol. The molecule has 2 N–H and O–H groups in total. The van der Waals surface area contributed by atoms with Crippen molar-refractivity contribution in [3.63, 3.8) is 0 Å². The highest BCUT2D eigenvalue weighted by Crippen LogP contribution is 2.29. The minimum absolute atomic E-state index is 0.129. The number of rotatable bonds is 5. The summed E-state index contributed by atoms with van der Waals surface area (Å²) in [6.07, 6.45) is 0. The normalized spacial score (nSPS) is 12.8. The van der Waals surface area contributed by atoms with Crippen LogP contribution in [0.2, 0.25) is 0 Å². The molecule has 118 valence electrons. The molecule has 21 heavy (non-hydrogen) atoms. The van der Waals surface area contributed by atoms with Gasteiger partial charge in [0, 0.05) is 4.75 Å². The second-order valence-corrected chi connectivity index (χ2v) is 6.27. The van der Waals surface area contributed by atoms with Gasteiger partial charge in [-0.1, -0.05) is 0 Å². The van der Waals surface area contributed by atoms with E-state index >= 15 is 0 Å². The summed E-state index contributed by atoms with van der Waals surface area (Å²) in [6.45, 7) is 4.50. The summed E-state index contributed by atoms with van der Waals surface area (Å²) >= 11 is 0.748. The fourth-order valence-electron chi connectivity index (χ4n) is 1.35. The minimum atomic E-state index is -0.992. The minimum Gasteiger partial charge on any atom is -0.468 e. The summed E-state index contributed by atoms with van der Waals surface area (Å²) in [5.41, 5.74) is 5.71. The Morgan fingerprint density at radius 1 is 1.38 bits per heavy atom. The Hall–Kier alpha value is -1.74. The average Bonchev–Trinajstić information content (AvgIpc) is 2.72. The first kappa shape index (κ1) is 17.3. The molecule has 0 aliphatic carbocycles. The number of esters is 1. The Morgan fingerprint density at radius 3 is 2.48 bits per heavy atom. The molecule has 0 unspecified atom stereocenters. The van der Waals surface area contributed by atoms with Crippen LogP contribution in [0.4, 0.5) is 4.79 Å². The van der Waals surface area contributed by atoms with Crippen molar-refractivity contribution in [3.8, 4) is 0 Å². The molecule has 1 aromatic rings. The molecular weight excluding hydrogens is 302 g/mol. The van der Waals surface area contributed by atoms with Gasteiger partial charge in [-0.15, -0.1) is 0 Å². The molecule has 9 heteroatoms. The van der Waals surface area contributed by atoms with Crippen molar-refractivity contribution in [1.29, 1.82) is 0 Å². The fraction of sp³-hybridized carbons (Fsp3) is 0.583. The Labute approximate surface area is 124 Å². The molecule has 1 rings (SSSR count). The number of ether oxygens (including phenoxy) is 2. The van der Waals surface area contributed by atoms with E-state index in [0.717, 1.165) is 11.8 Å². The summed E-state index contributed by atoms with van der Waals surface area (Å²) in [7, 11) is 1.21. The van der Waals surface area contributed by atoms with Crippen LogP contribution in [0, 0.1) is 6.92 Å². The Morgan fingerprint density at radius 2 is 2.00 bits per heavy atom. The lowest BCUT2D eigenvalue weighted by Crippen LogP contribution is -2.48. The van der Waals surface area contributed by atoms with Crippen LogP contribution in [-0.4, -0.2) is 29.2 Å². The highest BCUT2D eigenvalue weighted by molar-refractivity contribution is 8.14. The number of aryl methyl sites for hydroxylation is 1. The van der Waals surface area contributed by atoms with Gasteiger partial charge in [-0.05, 0) is 32.5 Å². The number of carbonyl (C=O) groups excluding carboxylic acids is 2. The quantitative estimate of drug-likeness (QED) is 0.797. The molecule has 0 aromatic carbocycles. The number of nitrogens with two attached hydrogens (primary N) is 1. The van der Waals surface area contributed by atoms with Gasteiger partial charge in [0.2, 0.25) is 0 Å². The maximum absolute atomic E-state index is 11.7. The first-order valence-electron chi connectivity index (χ1n) is 5.96. The molecule has 0 radical (unpaired) electrons. The largest absolute Gasteiger partial charge is 0.519 e. The van der Waals surface area contributed by atoms with Crippen LogP contribution in [0.3, 0.4) is 0 Å². The van der Waals surface area contributed by atoms with E-state index in [1.165, 1.54) is 14.0 Å². The van der Waals surface area contributed by atoms with Crippen molar-refractivity contribution in [2.45, 2.75) is 38.2 Å². The van der Waals surface area contributed by atoms with E-state index in [1.54, 1.807) is 13.8 Å². The topological polar surface area (TPSA) is 122 Å². The molecule has 0 saturated heterocycles. The predicted molar refractivity (Wildman–Crippen MR) is 73.8 cm³/mol. The van der Waals surface area contributed by atoms with E-state index in [2.05, 4.69) is 9.15 Å². The SMILES string of the molecule is COC(=O)[C@H](N)C(C)(C)SC(=O)OCc1oc(=O)oc1C. The van der Waals surface area contributed by atoms with Crippen molar-refractivity contribution in [2.24, 2.45) is 5.73 Å². The van der Waals surface area contributed by atoms with Gasteiger partial charge in [0.25, 0.3) is 0 Å². The van der Waals surface area contributed by atoms with E-state index in [0.29, 0.717) is 0 Å². The molecule has 0 spiro atoms. The zero-order valence-electron chi connectivity index (χ0n) is 12.1. The van der Waals surface area contributed by atoms with Gasteiger partial charge in [-0.2, -0.15) is 0 Å². The Kier molecular flexibility index (Phi) is 5.62.